The predicted molar refractivity (Wildman–Crippen MR) is 76.6 cm³/mol. The van der Waals surface area contributed by atoms with E-state index in [0.29, 0.717) is 11.1 Å². The van der Waals surface area contributed by atoms with Gasteiger partial charge in [-0.2, -0.15) is 0 Å². The molecule has 0 spiro atoms. The molecule has 0 aliphatic carbocycles. The monoisotopic (exact) mass is 315 g/mol. The molecule has 4 heteroatoms. The topological polar surface area (TPSA) is 37.4 Å². The third-order valence-electron chi connectivity index (χ3n) is 3.13. The van der Waals surface area contributed by atoms with E-state index in [1.54, 1.807) is 18.2 Å². The van der Waals surface area contributed by atoms with Crippen LogP contribution in [0.3, 0.4) is 0 Å². The first-order chi connectivity index (χ1) is 9.16. The Morgan fingerprint density at radius 1 is 0.947 bits per heavy atom. The Morgan fingerprint density at radius 2 is 1.68 bits per heavy atom. The van der Waals surface area contributed by atoms with Gasteiger partial charge < -0.3 is 4.90 Å². The van der Waals surface area contributed by atoms with Crippen molar-refractivity contribution in [2.45, 2.75) is 0 Å². The van der Waals surface area contributed by atoms with Crippen molar-refractivity contribution >= 4 is 33.3 Å². The molecule has 1 aliphatic heterocycles. The number of halogens is 1. The fourth-order valence-electron chi connectivity index (χ4n) is 2.20. The van der Waals surface area contributed by atoms with E-state index in [0.717, 1.165) is 10.2 Å². The molecule has 0 aromatic heterocycles. The maximum absolute atomic E-state index is 12.5. The lowest BCUT2D eigenvalue weighted by Crippen LogP contribution is -2.41. The lowest BCUT2D eigenvalue weighted by Gasteiger charge is -2.27. The molecular weight excluding hydrogens is 306 g/mol. The van der Waals surface area contributed by atoms with Gasteiger partial charge in [-0.15, -0.1) is 0 Å². The molecule has 0 fully saturated rings. The van der Waals surface area contributed by atoms with E-state index in [9.17, 15) is 9.59 Å². The second-order valence-electron chi connectivity index (χ2n) is 4.34. The molecule has 0 unspecified atom stereocenters. The highest BCUT2D eigenvalue weighted by molar-refractivity contribution is 9.10. The number of hydrogen-bond donors (Lipinski definition) is 0. The molecule has 0 bridgehead atoms. The van der Waals surface area contributed by atoms with Crippen LogP contribution in [0.4, 0.5) is 5.69 Å². The Hall–Kier alpha value is -1.94. The van der Waals surface area contributed by atoms with Gasteiger partial charge in [-0.1, -0.05) is 34.1 Å². The number of hydrogen-bond acceptors (Lipinski definition) is 2. The first-order valence-electron chi connectivity index (χ1n) is 5.86. The summed E-state index contributed by atoms with van der Waals surface area (Å²) in [5, 5.41) is 0. The Balaban J connectivity index is 2.10. The Morgan fingerprint density at radius 3 is 2.42 bits per heavy atom. The van der Waals surface area contributed by atoms with E-state index in [4.69, 9.17) is 0 Å². The van der Waals surface area contributed by atoms with Gasteiger partial charge in [0.05, 0.1) is 12.1 Å². The van der Waals surface area contributed by atoms with Crippen LogP contribution >= 0.6 is 15.9 Å². The largest absolute Gasteiger partial charge is 0.301 e. The van der Waals surface area contributed by atoms with Crippen molar-refractivity contribution in [1.82, 2.24) is 0 Å². The van der Waals surface area contributed by atoms with E-state index in [1.165, 1.54) is 4.90 Å². The zero-order valence-electron chi connectivity index (χ0n) is 9.97. The molecule has 3 nitrogen and oxygen atoms in total. The van der Waals surface area contributed by atoms with Crippen LogP contribution in [0.5, 0.6) is 0 Å². The quantitative estimate of drug-likeness (QED) is 0.809. The minimum atomic E-state index is -0.137. The van der Waals surface area contributed by atoms with Gasteiger partial charge in [0, 0.05) is 15.7 Å². The van der Waals surface area contributed by atoms with Gasteiger partial charge in [0.25, 0.3) is 5.91 Å². The first-order valence-corrected chi connectivity index (χ1v) is 6.66. The summed E-state index contributed by atoms with van der Waals surface area (Å²) in [6.07, 6.45) is 0. The molecule has 94 valence electrons. The van der Waals surface area contributed by atoms with Gasteiger partial charge in [0.1, 0.15) is 0 Å². The third-order valence-corrected chi connectivity index (χ3v) is 3.62. The molecule has 0 atom stereocenters. The summed E-state index contributed by atoms with van der Waals surface area (Å²) in [4.78, 5) is 26.1. The van der Waals surface area contributed by atoms with Crippen molar-refractivity contribution < 1.29 is 9.59 Å². The van der Waals surface area contributed by atoms with E-state index in [1.807, 2.05) is 30.3 Å². The van der Waals surface area contributed by atoms with Crippen LogP contribution in [0.1, 0.15) is 20.7 Å². The van der Waals surface area contributed by atoms with Gasteiger partial charge in [-0.3, -0.25) is 9.59 Å². The maximum atomic E-state index is 12.5. The van der Waals surface area contributed by atoms with Crippen molar-refractivity contribution in [3.63, 3.8) is 0 Å². The summed E-state index contributed by atoms with van der Waals surface area (Å²) in [5.74, 6) is -0.173. The zero-order valence-corrected chi connectivity index (χ0v) is 11.6. The van der Waals surface area contributed by atoms with Crippen LogP contribution in [0, 0.1) is 0 Å². The van der Waals surface area contributed by atoms with Crippen LogP contribution in [0.25, 0.3) is 0 Å². The average molecular weight is 316 g/mol. The second kappa shape index (κ2) is 4.63. The van der Waals surface area contributed by atoms with Gasteiger partial charge >= 0.3 is 0 Å². The number of nitrogens with zero attached hydrogens (tertiary/aromatic N) is 1. The van der Waals surface area contributed by atoms with Crippen LogP contribution in [-0.2, 0) is 0 Å². The summed E-state index contributed by atoms with van der Waals surface area (Å²) >= 11 is 3.33. The summed E-state index contributed by atoms with van der Waals surface area (Å²) in [7, 11) is 0. The number of anilines is 1. The lowest BCUT2D eigenvalue weighted by atomic mass is 9.97. The highest BCUT2D eigenvalue weighted by atomic mass is 79.9. The van der Waals surface area contributed by atoms with Crippen molar-refractivity contribution in [2.24, 2.45) is 0 Å². The fraction of sp³-hybridized carbons (Fsp3) is 0.0667. The molecule has 0 N–H and O–H groups in total. The number of benzene rings is 2. The molecule has 1 heterocycles. The number of amides is 1. The van der Waals surface area contributed by atoms with E-state index in [2.05, 4.69) is 15.9 Å². The summed E-state index contributed by atoms with van der Waals surface area (Å²) < 4.78 is 0.794. The standard InChI is InChI=1S/C15H10BrNO2/c16-10-6-7-12-13(8-10)15(19)17(9-14(12)18)11-4-2-1-3-5-11/h1-8H,9H2. The zero-order chi connectivity index (χ0) is 13.4. The molecular formula is C15H10BrNO2. The number of rotatable bonds is 1. The molecule has 0 radical (unpaired) electrons. The normalized spacial score (nSPS) is 14.5. The molecule has 0 saturated heterocycles. The van der Waals surface area contributed by atoms with E-state index >= 15 is 0 Å². The molecule has 2 aromatic carbocycles. The van der Waals surface area contributed by atoms with Gasteiger partial charge in [0.2, 0.25) is 0 Å². The first kappa shape index (κ1) is 12.1. The number of carbonyl (C=O) groups excluding carboxylic acids is 2. The number of Topliss-reactive ketones (excluding diaryl/α,β-unsaturated/α-hetero) is 1. The van der Waals surface area contributed by atoms with Crippen molar-refractivity contribution in [3.8, 4) is 0 Å². The second-order valence-corrected chi connectivity index (χ2v) is 5.26. The molecule has 2 aromatic rings. The number of para-hydroxylation sites is 1. The molecule has 1 amide bonds. The van der Waals surface area contributed by atoms with Gasteiger partial charge in [-0.05, 0) is 30.3 Å². The predicted octanol–water partition coefficient (Wildman–Crippen LogP) is 3.29. The van der Waals surface area contributed by atoms with Crippen molar-refractivity contribution in [1.29, 1.82) is 0 Å². The van der Waals surface area contributed by atoms with Crippen molar-refractivity contribution in [3.05, 3.63) is 64.1 Å². The maximum Gasteiger partial charge on any atom is 0.259 e. The molecule has 0 saturated carbocycles. The van der Waals surface area contributed by atoms with Gasteiger partial charge in [0.15, 0.2) is 5.78 Å². The van der Waals surface area contributed by atoms with E-state index in [-0.39, 0.29) is 18.2 Å². The Labute approximate surface area is 119 Å². The third kappa shape index (κ3) is 2.08. The average Bonchev–Trinajstić information content (AvgIpc) is 2.43. The summed E-state index contributed by atoms with van der Waals surface area (Å²) in [5.41, 5.74) is 1.70. The smallest absolute Gasteiger partial charge is 0.259 e. The Kier molecular flexibility index (Phi) is 2.95. The SMILES string of the molecule is O=C1CN(c2ccccc2)C(=O)c2cc(Br)ccc21. The molecule has 1 aliphatic rings. The van der Waals surface area contributed by atoms with Crippen molar-refractivity contribution in [2.75, 3.05) is 11.4 Å². The van der Waals surface area contributed by atoms with Crippen LogP contribution < -0.4 is 4.90 Å². The highest BCUT2D eigenvalue weighted by Crippen LogP contribution is 2.26. The number of ketones is 1. The number of carbonyl (C=O) groups is 2. The fourth-order valence-corrected chi connectivity index (χ4v) is 2.56. The molecule has 19 heavy (non-hydrogen) atoms. The molecule has 3 rings (SSSR count). The van der Waals surface area contributed by atoms with Gasteiger partial charge in [-0.25, -0.2) is 0 Å². The van der Waals surface area contributed by atoms with E-state index < -0.39 is 0 Å². The highest BCUT2D eigenvalue weighted by Gasteiger charge is 2.30. The minimum absolute atomic E-state index is 0.0362. The lowest BCUT2D eigenvalue weighted by molar-refractivity contribution is 0.0910. The minimum Gasteiger partial charge on any atom is -0.301 e. The van der Waals surface area contributed by atoms with Crippen LogP contribution in [-0.4, -0.2) is 18.2 Å². The number of fused-ring (bicyclic) bond motifs is 1. The van der Waals surface area contributed by atoms with Crippen LogP contribution in [0.2, 0.25) is 0 Å². The summed E-state index contributed by atoms with van der Waals surface area (Å²) in [6.45, 7) is 0.0947. The summed E-state index contributed by atoms with van der Waals surface area (Å²) in [6, 6.07) is 14.4. The Bertz CT molecular complexity index is 667. The van der Waals surface area contributed by atoms with Crippen LogP contribution in [0.15, 0.2) is 53.0 Å².